The molecule has 6 nitrogen and oxygen atoms in total. The maximum atomic E-state index is 12.3. The van der Waals surface area contributed by atoms with E-state index in [0.717, 1.165) is 5.56 Å². The summed E-state index contributed by atoms with van der Waals surface area (Å²) in [6.07, 6.45) is -0.0224. The minimum atomic E-state index is -0.401. The molecule has 0 spiro atoms. The smallest absolute Gasteiger partial charge is 0.409 e. The van der Waals surface area contributed by atoms with E-state index in [4.69, 9.17) is 16.3 Å². The topological polar surface area (TPSA) is 66.9 Å². The quantitative estimate of drug-likeness (QED) is 0.573. The lowest BCUT2D eigenvalue weighted by atomic mass is 10.0. The molecule has 0 atom stereocenters. The Balaban J connectivity index is 1.74. The van der Waals surface area contributed by atoms with Gasteiger partial charge in [0.15, 0.2) is 5.78 Å². The van der Waals surface area contributed by atoms with Crippen LogP contribution in [-0.2, 0) is 9.53 Å². The van der Waals surface area contributed by atoms with Gasteiger partial charge in [0.25, 0.3) is 0 Å². The molecule has 0 aliphatic carbocycles. The van der Waals surface area contributed by atoms with Crippen molar-refractivity contribution in [3.63, 3.8) is 0 Å². The van der Waals surface area contributed by atoms with Crippen LogP contribution >= 0.6 is 11.6 Å². The van der Waals surface area contributed by atoms with Crippen molar-refractivity contribution in [2.75, 3.05) is 38.7 Å². The lowest BCUT2D eigenvalue weighted by Gasteiger charge is -2.34. The molecule has 1 aromatic carbocycles. The number of halogens is 1. The van der Waals surface area contributed by atoms with Gasteiger partial charge in [-0.15, -0.1) is 11.6 Å². The maximum absolute atomic E-state index is 12.3. The number of benzene rings is 1. The largest absolute Gasteiger partial charge is 0.448 e. The van der Waals surface area contributed by atoms with E-state index in [9.17, 15) is 14.4 Å². The second kappa shape index (κ2) is 9.42. The molecule has 2 amide bonds. The number of aryl methyl sites for hydroxylation is 1. The molecule has 1 heterocycles. The van der Waals surface area contributed by atoms with Gasteiger partial charge in [-0.2, -0.15) is 0 Å². The van der Waals surface area contributed by atoms with E-state index in [1.165, 1.54) is 0 Å². The molecule has 1 saturated heterocycles. The molecule has 2 rings (SSSR count). The first-order valence-corrected chi connectivity index (χ1v) is 8.90. The van der Waals surface area contributed by atoms with Crippen LogP contribution in [0.25, 0.3) is 0 Å². The number of Topliss-reactive ketones (excluding diaryl/α,β-unsaturated/α-hetero) is 1. The van der Waals surface area contributed by atoms with Crippen molar-refractivity contribution in [2.45, 2.75) is 19.8 Å². The molecule has 1 aromatic rings. The second-order valence-corrected chi connectivity index (χ2v) is 6.34. The number of alkyl halides is 1. The molecule has 0 N–H and O–H groups in total. The fraction of sp³-hybridized carbons (Fsp3) is 0.500. The molecule has 1 fully saturated rings. The number of rotatable bonds is 6. The number of ketones is 1. The first kappa shape index (κ1) is 19.2. The summed E-state index contributed by atoms with van der Waals surface area (Å²) in [6.45, 7) is 3.90. The van der Waals surface area contributed by atoms with Crippen molar-refractivity contribution in [3.05, 3.63) is 35.4 Å². The number of hydrogen-bond acceptors (Lipinski definition) is 4. The highest BCUT2D eigenvalue weighted by Gasteiger charge is 2.25. The Morgan fingerprint density at radius 1 is 1.00 bits per heavy atom. The zero-order valence-corrected chi connectivity index (χ0v) is 15.1. The van der Waals surface area contributed by atoms with Crippen LogP contribution in [0.5, 0.6) is 0 Å². The molecular formula is C18H23ClN2O4. The summed E-state index contributed by atoms with van der Waals surface area (Å²) in [7, 11) is 0. The third-order valence-electron chi connectivity index (χ3n) is 4.13. The summed E-state index contributed by atoms with van der Waals surface area (Å²) in [5, 5.41) is 0. The third kappa shape index (κ3) is 5.74. The molecule has 0 bridgehead atoms. The Bertz CT molecular complexity index is 610. The van der Waals surface area contributed by atoms with Crippen molar-refractivity contribution in [3.8, 4) is 0 Å². The number of carbonyl (C=O) groups excluding carboxylic acids is 3. The normalized spacial score (nSPS) is 14.3. The van der Waals surface area contributed by atoms with Crippen LogP contribution < -0.4 is 0 Å². The number of ether oxygens (including phenoxy) is 1. The first-order chi connectivity index (χ1) is 12.0. The van der Waals surface area contributed by atoms with E-state index in [1.54, 1.807) is 21.9 Å². The summed E-state index contributed by atoms with van der Waals surface area (Å²) in [4.78, 5) is 39.4. The number of amides is 2. The molecule has 0 saturated carbocycles. The van der Waals surface area contributed by atoms with Gasteiger partial charge in [0.05, 0.1) is 5.88 Å². The van der Waals surface area contributed by atoms with Gasteiger partial charge in [-0.25, -0.2) is 4.79 Å². The van der Waals surface area contributed by atoms with E-state index >= 15 is 0 Å². The highest BCUT2D eigenvalue weighted by atomic mass is 35.5. The van der Waals surface area contributed by atoms with Gasteiger partial charge >= 0.3 is 6.09 Å². The number of nitrogens with zero attached hydrogens (tertiary/aromatic N) is 2. The minimum absolute atomic E-state index is 0.0309. The van der Waals surface area contributed by atoms with Gasteiger partial charge in [-0.3, -0.25) is 9.59 Å². The summed E-state index contributed by atoms with van der Waals surface area (Å²) in [5.41, 5.74) is 1.72. The molecule has 1 aliphatic heterocycles. The molecule has 7 heteroatoms. The summed E-state index contributed by atoms with van der Waals surface area (Å²) < 4.78 is 4.97. The fourth-order valence-electron chi connectivity index (χ4n) is 2.62. The SMILES string of the molecule is Cc1ccc(C(=O)CCC(=O)N2CCN(C(=O)OCCCl)CC2)cc1. The molecule has 0 radical (unpaired) electrons. The Morgan fingerprint density at radius 3 is 2.20 bits per heavy atom. The van der Waals surface area contributed by atoms with Crippen LogP contribution in [0.15, 0.2) is 24.3 Å². The van der Waals surface area contributed by atoms with Gasteiger partial charge < -0.3 is 14.5 Å². The van der Waals surface area contributed by atoms with Crippen LogP contribution in [0.4, 0.5) is 4.79 Å². The summed E-state index contributed by atoms with van der Waals surface area (Å²) in [5.74, 6) is 0.171. The van der Waals surface area contributed by atoms with Gasteiger partial charge in [0, 0.05) is 44.6 Å². The maximum Gasteiger partial charge on any atom is 0.409 e. The van der Waals surface area contributed by atoms with E-state index in [1.807, 2.05) is 19.1 Å². The van der Waals surface area contributed by atoms with Crippen LogP contribution in [-0.4, -0.2) is 66.2 Å². The first-order valence-electron chi connectivity index (χ1n) is 8.36. The monoisotopic (exact) mass is 366 g/mol. The molecule has 0 aromatic heterocycles. The average molecular weight is 367 g/mol. The van der Waals surface area contributed by atoms with E-state index in [2.05, 4.69) is 0 Å². The van der Waals surface area contributed by atoms with Crippen LogP contribution in [0.3, 0.4) is 0 Å². The highest BCUT2D eigenvalue weighted by Crippen LogP contribution is 2.11. The third-order valence-corrected chi connectivity index (χ3v) is 4.29. The lowest BCUT2D eigenvalue weighted by molar-refractivity contribution is -0.132. The summed E-state index contributed by atoms with van der Waals surface area (Å²) in [6, 6.07) is 7.34. The minimum Gasteiger partial charge on any atom is -0.448 e. The zero-order chi connectivity index (χ0) is 18.2. The van der Waals surface area contributed by atoms with Crippen molar-refractivity contribution < 1.29 is 19.1 Å². The van der Waals surface area contributed by atoms with Crippen LogP contribution in [0, 0.1) is 6.92 Å². The van der Waals surface area contributed by atoms with Crippen molar-refractivity contribution >= 4 is 29.4 Å². The van der Waals surface area contributed by atoms with E-state index in [0.29, 0.717) is 31.7 Å². The zero-order valence-electron chi connectivity index (χ0n) is 14.4. The lowest BCUT2D eigenvalue weighted by Crippen LogP contribution is -2.50. The average Bonchev–Trinajstić information content (AvgIpc) is 2.64. The predicted molar refractivity (Wildman–Crippen MR) is 95.0 cm³/mol. The van der Waals surface area contributed by atoms with Crippen molar-refractivity contribution in [1.29, 1.82) is 0 Å². The molecular weight excluding hydrogens is 344 g/mol. The molecule has 25 heavy (non-hydrogen) atoms. The Morgan fingerprint density at radius 2 is 1.60 bits per heavy atom. The Kier molecular flexibility index (Phi) is 7.25. The van der Waals surface area contributed by atoms with Crippen LogP contribution in [0.2, 0.25) is 0 Å². The predicted octanol–water partition coefficient (Wildman–Crippen LogP) is 2.48. The van der Waals surface area contributed by atoms with Crippen molar-refractivity contribution in [2.24, 2.45) is 0 Å². The van der Waals surface area contributed by atoms with Gasteiger partial charge in [-0.1, -0.05) is 29.8 Å². The molecule has 136 valence electrons. The standard InChI is InChI=1S/C18H23ClN2O4/c1-14-2-4-15(5-3-14)16(22)6-7-17(23)20-9-11-21(12-10-20)18(24)25-13-8-19/h2-5H,6-13H2,1H3. The second-order valence-electron chi connectivity index (χ2n) is 5.96. The van der Waals surface area contributed by atoms with E-state index < -0.39 is 6.09 Å². The number of piperazine rings is 1. The Hall–Kier alpha value is -2.08. The van der Waals surface area contributed by atoms with E-state index in [-0.39, 0.29) is 37.0 Å². The Labute approximate surface area is 152 Å². The van der Waals surface area contributed by atoms with Crippen LogP contribution in [0.1, 0.15) is 28.8 Å². The summed E-state index contributed by atoms with van der Waals surface area (Å²) >= 11 is 5.49. The van der Waals surface area contributed by atoms with Gasteiger partial charge in [0.2, 0.25) is 5.91 Å². The molecule has 0 unspecified atom stereocenters. The van der Waals surface area contributed by atoms with Gasteiger partial charge in [-0.05, 0) is 6.92 Å². The molecule has 1 aliphatic rings. The van der Waals surface area contributed by atoms with Crippen molar-refractivity contribution in [1.82, 2.24) is 9.80 Å². The highest BCUT2D eigenvalue weighted by molar-refractivity contribution is 6.18. The van der Waals surface area contributed by atoms with Gasteiger partial charge in [0.1, 0.15) is 6.61 Å². The number of hydrogen-bond donors (Lipinski definition) is 0. The fourth-order valence-corrected chi connectivity index (χ4v) is 2.70. The number of carbonyl (C=O) groups is 3.